The van der Waals surface area contributed by atoms with Gasteiger partial charge in [-0.3, -0.25) is 9.59 Å². The summed E-state index contributed by atoms with van der Waals surface area (Å²) < 4.78 is 0. The summed E-state index contributed by atoms with van der Waals surface area (Å²) in [6.45, 7) is 7.94. The molecule has 122 valence electrons. The maximum Gasteiger partial charge on any atom is 0.311 e. The fraction of sp³-hybridized carbons (Fsp3) is 0.556. The van der Waals surface area contributed by atoms with E-state index in [1.54, 1.807) is 0 Å². The number of hydrogen-bond acceptors (Lipinski definition) is 2. The third-order valence-corrected chi connectivity index (χ3v) is 4.64. The summed E-state index contributed by atoms with van der Waals surface area (Å²) in [5.41, 5.74) is 1.47. The van der Waals surface area contributed by atoms with Crippen molar-refractivity contribution in [3.8, 4) is 0 Å². The van der Waals surface area contributed by atoms with Gasteiger partial charge in [-0.15, -0.1) is 0 Å². The summed E-state index contributed by atoms with van der Waals surface area (Å²) in [4.78, 5) is 23.6. The minimum Gasteiger partial charge on any atom is -0.481 e. The number of amides is 1. The average molecular weight is 305 g/mol. The molecule has 2 N–H and O–H groups in total. The van der Waals surface area contributed by atoms with E-state index in [0.717, 1.165) is 5.56 Å². The van der Waals surface area contributed by atoms with Crippen LogP contribution in [0.1, 0.15) is 57.1 Å². The van der Waals surface area contributed by atoms with Gasteiger partial charge in [-0.05, 0) is 36.8 Å². The smallest absolute Gasteiger partial charge is 0.311 e. The van der Waals surface area contributed by atoms with Crippen LogP contribution in [0.4, 0.5) is 0 Å². The molecule has 0 bridgehead atoms. The second-order valence-electron chi connectivity index (χ2n) is 6.03. The minimum absolute atomic E-state index is 0.0942. The van der Waals surface area contributed by atoms with Crippen molar-refractivity contribution in [2.45, 2.75) is 52.9 Å². The molecule has 0 heterocycles. The molecule has 1 rings (SSSR count). The van der Waals surface area contributed by atoms with Gasteiger partial charge in [0.1, 0.15) is 0 Å². The molecule has 1 aromatic carbocycles. The Hall–Kier alpha value is -1.84. The molecule has 0 fully saturated rings. The van der Waals surface area contributed by atoms with Gasteiger partial charge in [0.05, 0.1) is 5.41 Å². The number of hydrogen-bond donors (Lipinski definition) is 2. The maximum atomic E-state index is 12.1. The number of carbonyl (C=O) groups is 2. The van der Waals surface area contributed by atoms with Gasteiger partial charge < -0.3 is 10.4 Å². The highest BCUT2D eigenvalue weighted by Gasteiger charge is 2.35. The number of nitrogens with one attached hydrogen (secondary N) is 1. The first kappa shape index (κ1) is 18.2. The van der Waals surface area contributed by atoms with E-state index in [1.807, 2.05) is 52.0 Å². The molecular formula is C18H27NO3. The Morgan fingerprint density at radius 2 is 1.82 bits per heavy atom. The van der Waals surface area contributed by atoms with Gasteiger partial charge >= 0.3 is 5.97 Å². The second-order valence-corrected chi connectivity index (χ2v) is 6.03. The van der Waals surface area contributed by atoms with E-state index < -0.39 is 11.4 Å². The van der Waals surface area contributed by atoms with Crippen LogP contribution in [0.25, 0.3) is 0 Å². The van der Waals surface area contributed by atoms with E-state index >= 15 is 0 Å². The van der Waals surface area contributed by atoms with E-state index in [2.05, 4.69) is 5.32 Å². The SMILES string of the molecule is CCC(CC)(CNC(=O)CC(C)c1ccccc1C)C(=O)O. The number of carbonyl (C=O) groups excluding carboxylic acids is 1. The van der Waals surface area contributed by atoms with Crippen LogP contribution in [0.2, 0.25) is 0 Å². The van der Waals surface area contributed by atoms with Crippen LogP contribution in [0.3, 0.4) is 0 Å². The van der Waals surface area contributed by atoms with Crippen LogP contribution in [0.5, 0.6) is 0 Å². The van der Waals surface area contributed by atoms with Gasteiger partial charge in [0, 0.05) is 13.0 Å². The number of aliphatic carboxylic acids is 1. The van der Waals surface area contributed by atoms with Gasteiger partial charge in [-0.25, -0.2) is 0 Å². The second kappa shape index (κ2) is 7.97. The molecule has 0 aliphatic carbocycles. The average Bonchev–Trinajstić information content (AvgIpc) is 2.48. The van der Waals surface area contributed by atoms with Crippen molar-refractivity contribution < 1.29 is 14.7 Å². The lowest BCUT2D eigenvalue weighted by molar-refractivity contribution is -0.149. The standard InChI is InChI=1S/C18H27NO3/c1-5-18(6-2,17(21)22)12-19-16(20)11-14(4)15-10-8-7-9-13(15)3/h7-10,14H,5-6,11-12H2,1-4H3,(H,19,20)(H,21,22). The Morgan fingerprint density at radius 3 is 2.32 bits per heavy atom. The molecule has 1 aromatic rings. The van der Waals surface area contributed by atoms with Crippen LogP contribution >= 0.6 is 0 Å². The lowest BCUT2D eigenvalue weighted by Crippen LogP contribution is -2.42. The zero-order chi connectivity index (χ0) is 16.8. The summed E-state index contributed by atoms with van der Waals surface area (Å²) >= 11 is 0. The predicted octanol–water partition coefficient (Wildman–Crippen LogP) is 3.50. The first-order valence-corrected chi connectivity index (χ1v) is 7.92. The zero-order valence-corrected chi connectivity index (χ0v) is 14.0. The normalized spacial score (nSPS) is 12.7. The molecule has 0 saturated carbocycles. The van der Waals surface area contributed by atoms with Crippen molar-refractivity contribution >= 4 is 11.9 Å². The zero-order valence-electron chi connectivity index (χ0n) is 14.0. The van der Waals surface area contributed by atoms with Crippen LogP contribution < -0.4 is 5.32 Å². The summed E-state index contributed by atoms with van der Waals surface area (Å²) in [7, 11) is 0. The fourth-order valence-electron chi connectivity index (χ4n) is 2.75. The lowest BCUT2D eigenvalue weighted by Gasteiger charge is -2.27. The molecule has 0 aromatic heterocycles. The molecule has 0 aliphatic rings. The minimum atomic E-state index is -0.860. The van der Waals surface area contributed by atoms with Crippen molar-refractivity contribution in [1.82, 2.24) is 5.32 Å². The van der Waals surface area contributed by atoms with Crippen LogP contribution in [0, 0.1) is 12.3 Å². The highest BCUT2D eigenvalue weighted by atomic mass is 16.4. The summed E-state index contributed by atoms with van der Waals surface area (Å²) in [5, 5.41) is 12.2. The Balaban J connectivity index is 2.63. The Labute approximate surface area is 132 Å². The molecule has 0 radical (unpaired) electrons. The molecule has 4 nitrogen and oxygen atoms in total. The van der Waals surface area contributed by atoms with Crippen molar-refractivity contribution in [1.29, 1.82) is 0 Å². The van der Waals surface area contributed by atoms with E-state index in [-0.39, 0.29) is 18.4 Å². The molecule has 4 heteroatoms. The Kier molecular flexibility index (Phi) is 6.60. The summed E-state index contributed by atoms with van der Waals surface area (Å²) in [5.74, 6) is -0.822. The molecule has 1 atom stereocenters. The number of aryl methyl sites for hydroxylation is 1. The maximum absolute atomic E-state index is 12.1. The Morgan fingerprint density at radius 1 is 1.23 bits per heavy atom. The first-order valence-electron chi connectivity index (χ1n) is 7.92. The lowest BCUT2D eigenvalue weighted by atomic mass is 9.82. The van der Waals surface area contributed by atoms with Crippen LogP contribution in [0.15, 0.2) is 24.3 Å². The Bertz CT molecular complexity index is 521. The van der Waals surface area contributed by atoms with Gasteiger partial charge in [0.25, 0.3) is 0 Å². The molecule has 0 aliphatic heterocycles. The van der Waals surface area contributed by atoms with E-state index in [4.69, 9.17) is 0 Å². The third kappa shape index (κ3) is 4.33. The largest absolute Gasteiger partial charge is 0.481 e. The molecule has 0 spiro atoms. The third-order valence-electron chi connectivity index (χ3n) is 4.64. The van der Waals surface area contributed by atoms with Crippen molar-refractivity contribution in [3.63, 3.8) is 0 Å². The fourth-order valence-corrected chi connectivity index (χ4v) is 2.75. The van der Waals surface area contributed by atoms with Gasteiger partial charge in [-0.1, -0.05) is 45.0 Å². The molecule has 0 saturated heterocycles. The topological polar surface area (TPSA) is 66.4 Å². The molecule has 1 unspecified atom stereocenters. The van der Waals surface area contributed by atoms with E-state index in [1.165, 1.54) is 5.56 Å². The van der Waals surface area contributed by atoms with Crippen LogP contribution in [-0.4, -0.2) is 23.5 Å². The van der Waals surface area contributed by atoms with Crippen LogP contribution in [-0.2, 0) is 9.59 Å². The number of carboxylic acids is 1. The first-order chi connectivity index (χ1) is 10.4. The number of carboxylic acid groups (broad SMARTS) is 1. The van der Waals surface area contributed by atoms with Crippen molar-refractivity contribution in [3.05, 3.63) is 35.4 Å². The van der Waals surface area contributed by atoms with Gasteiger partial charge in [0.2, 0.25) is 5.91 Å². The molecule has 22 heavy (non-hydrogen) atoms. The molecular weight excluding hydrogens is 278 g/mol. The number of benzene rings is 1. The van der Waals surface area contributed by atoms with E-state index in [0.29, 0.717) is 19.3 Å². The highest BCUT2D eigenvalue weighted by Crippen LogP contribution is 2.26. The van der Waals surface area contributed by atoms with Gasteiger partial charge in [-0.2, -0.15) is 0 Å². The van der Waals surface area contributed by atoms with Gasteiger partial charge in [0.15, 0.2) is 0 Å². The summed E-state index contributed by atoms with van der Waals surface area (Å²) in [6.07, 6.45) is 1.38. The quantitative estimate of drug-likeness (QED) is 0.772. The van der Waals surface area contributed by atoms with Crippen molar-refractivity contribution in [2.24, 2.45) is 5.41 Å². The number of rotatable bonds is 8. The predicted molar refractivity (Wildman–Crippen MR) is 87.9 cm³/mol. The van der Waals surface area contributed by atoms with Crippen molar-refractivity contribution in [2.75, 3.05) is 6.54 Å². The van der Waals surface area contributed by atoms with E-state index in [9.17, 15) is 14.7 Å². The monoisotopic (exact) mass is 305 g/mol. The highest BCUT2D eigenvalue weighted by molar-refractivity contribution is 5.79. The molecule has 1 amide bonds. The summed E-state index contributed by atoms with van der Waals surface area (Å²) in [6, 6.07) is 8.02.